The molecule has 0 saturated heterocycles. The lowest BCUT2D eigenvalue weighted by atomic mass is 9.85. The fraction of sp³-hybridized carbons (Fsp3) is 1.00. The van der Waals surface area contributed by atoms with Crippen molar-refractivity contribution in [3.63, 3.8) is 0 Å². The van der Waals surface area contributed by atoms with Gasteiger partial charge >= 0.3 is 0 Å². The molecule has 0 bridgehead atoms. The SMILES string of the molecule is CCNCC1(CN(CCC(C)C)C2CC2)CCCC1. The summed E-state index contributed by atoms with van der Waals surface area (Å²) in [5, 5.41) is 3.63. The Morgan fingerprint density at radius 2 is 1.89 bits per heavy atom. The van der Waals surface area contributed by atoms with Crippen LogP contribution in [0.15, 0.2) is 0 Å². The fourth-order valence-corrected chi connectivity index (χ4v) is 3.59. The molecule has 0 amide bonds. The van der Waals surface area contributed by atoms with E-state index in [1.165, 1.54) is 64.6 Å². The van der Waals surface area contributed by atoms with Crippen molar-refractivity contribution in [2.24, 2.45) is 11.3 Å². The number of hydrogen-bond donors (Lipinski definition) is 1. The van der Waals surface area contributed by atoms with E-state index >= 15 is 0 Å². The van der Waals surface area contributed by atoms with Gasteiger partial charge in [0.2, 0.25) is 0 Å². The van der Waals surface area contributed by atoms with Gasteiger partial charge in [-0.3, -0.25) is 4.90 Å². The summed E-state index contributed by atoms with van der Waals surface area (Å²) in [4.78, 5) is 2.84. The van der Waals surface area contributed by atoms with Crippen molar-refractivity contribution >= 4 is 0 Å². The molecule has 0 spiro atoms. The van der Waals surface area contributed by atoms with Gasteiger partial charge in [0, 0.05) is 19.1 Å². The smallest absolute Gasteiger partial charge is 0.00966 e. The van der Waals surface area contributed by atoms with Gasteiger partial charge in [0.25, 0.3) is 0 Å². The van der Waals surface area contributed by atoms with Gasteiger partial charge < -0.3 is 5.32 Å². The molecular weight excluding hydrogens is 232 g/mol. The molecule has 0 atom stereocenters. The minimum Gasteiger partial charge on any atom is -0.316 e. The molecule has 2 aliphatic carbocycles. The average Bonchev–Trinajstić information content (AvgIpc) is 3.13. The highest BCUT2D eigenvalue weighted by Gasteiger charge is 2.39. The van der Waals surface area contributed by atoms with E-state index in [0.717, 1.165) is 18.5 Å². The molecule has 2 rings (SSSR count). The molecule has 0 aliphatic heterocycles. The first-order valence-electron chi connectivity index (χ1n) is 8.60. The summed E-state index contributed by atoms with van der Waals surface area (Å²) in [7, 11) is 0. The third kappa shape index (κ3) is 4.75. The first kappa shape index (κ1) is 15.3. The quantitative estimate of drug-likeness (QED) is 0.685. The van der Waals surface area contributed by atoms with E-state index in [9.17, 15) is 0 Å². The Bertz CT molecular complexity index is 252. The minimum atomic E-state index is 0.593. The van der Waals surface area contributed by atoms with Gasteiger partial charge in [0.15, 0.2) is 0 Å². The summed E-state index contributed by atoms with van der Waals surface area (Å²) in [5.74, 6) is 0.842. The molecule has 0 unspecified atom stereocenters. The van der Waals surface area contributed by atoms with Gasteiger partial charge in [-0.05, 0) is 56.5 Å². The van der Waals surface area contributed by atoms with Gasteiger partial charge in [-0.25, -0.2) is 0 Å². The largest absolute Gasteiger partial charge is 0.316 e. The topological polar surface area (TPSA) is 15.3 Å². The fourth-order valence-electron chi connectivity index (χ4n) is 3.59. The van der Waals surface area contributed by atoms with Crippen molar-refractivity contribution in [3.05, 3.63) is 0 Å². The third-order valence-corrected chi connectivity index (χ3v) is 5.01. The Hall–Kier alpha value is -0.0800. The Kier molecular flexibility index (Phi) is 5.70. The molecular formula is C17H34N2. The highest BCUT2D eigenvalue weighted by molar-refractivity contribution is 4.94. The maximum absolute atomic E-state index is 3.63. The summed E-state index contributed by atoms with van der Waals surface area (Å²) in [5.41, 5.74) is 0.593. The molecule has 2 nitrogen and oxygen atoms in total. The monoisotopic (exact) mass is 266 g/mol. The lowest BCUT2D eigenvalue weighted by Crippen LogP contribution is -2.44. The Balaban J connectivity index is 1.88. The summed E-state index contributed by atoms with van der Waals surface area (Å²) in [6, 6.07) is 0.929. The lowest BCUT2D eigenvalue weighted by Gasteiger charge is -2.36. The van der Waals surface area contributed by atoms with Crippen molar-refractivity contribution in [2.75, 3.05) is 26.2 Å². The molecule has 0 radical (unpaired) electrons. The average molecular weight is 266 g/mol. The number of rotatable bonds is 9. The van der Waals surface area contributed by atoms with Crippen molar-refractivity contribution < 1.29 is 0 Å². The minimum absolute atomic E-state index is 0.593. The second kappa shape index (κ2) is 7.08. The number of hydrogen-bond acceptors (Lipinski definition) is 2. The van der Waals surface area contributed by atoms with Crippen LogP contribution in [0.5, 0.6) is 0 Å². The zero-order valence-electron chi connectivity index (χ0n) is 13.4. The summed E-state index contributed by atoms with van der Waals surface area (Å²) >= 11 is 0. The summed E-state index contributed by atoms with van der Waals surface area (Å²) in [6.45, 7) is 12.0. The van der Waals surface area contributed by atoms with Crippen LogP contribution in [-0.4, -0.2) is 37.1 Å². The highest BCUT2D eigenvalue weighted by atomic mass is 15.2. The van der Waals surface area contributed by atoms with Crippen molar-refractivity contribution in [3.8, 4) is 0 Å². The summed E-state index contributed by atoms with van der Waals surface area (Å²) in [6.07, 6.45) is 10.1. The van der Waals surface area contributed by atoms with E-state index in [2.05, 4.69) is 31.0 Å². The van der Waals surface area contributed by atoms with Gasteiger partial charge in [-0.15, -0.1) is 0 Å². The Labute approximate surface area is 120 Å². The van der Waals surface area contributed by atoms with Crippen LogP contribution in [0, 0.1) is 11.3 Å². The molecule has 2 fully saturated rings. The predicted molar refractivity (Wildman–Crippen MR) is 83.5 cm³/mol. The van der Waals surface area contributed by atoms with Gasteiger partial charge in [0.05, 0.1) is 0 Å². The molecule has 0 heterocycles. The summed E-state index contributed by atoms with van der Waals surface area (Å²) < 4.78 is 0. The standard InChI is InChI=1S/C17H34N2/c1-4-18-13-17(10-5-6-11-17)14-19(16-7-8-16)12-9-15(2)3/h15-16,18H,4-14H2,1-3H3. The maximum Gasteiger partial charge on any atom is 0.00966 e. The predicted octanol–water partition coefficient (Wildman–Crippen LogP) is 3.67. The van der Waals surface area contributed by atoms with Crippen molar-refractivity contribution in [2.45, 2.75) is 71.8 Å². The molecule has 0 aromatic heterocycles. The van der Waals surface area contributed by atoms with Crippen LogP contribution >= 0.6 is 0 Å². The van der Waals surface area contributed by atoms with E-state index in [4.69, 9.17) is 0 Å². The van der Waals surface area contributed by atoms with E-state index in [1.54, 1.807) is 0 Å². The van der Waals surface area contributed by atoms with Crippen molar-refractivity contribution in [1.82, 2.24) is 10.2 Å². The Morgan fingerprint density at radius 1 is 1.21 bits per heavy atom. The van der Waals surface area contributed by atoms with E-state index in [1.807, 2.05) is 0 Å². The second-order valence-electron chi connectivity index (χ2n) is 7.37. The van der Waals surface area contributed by atoms with E-state index < -0.39 is 0 Å². The molecule has 2 aliphatic rings. The molecule has 2 saturated carbocycles. The third-order valence-electron chi connectivity index (χ3n) is 5.01. The Morgan fingerprint density at radius 3 is 2.42 bits per heavy atom. The zero-order valence-corrected chi connectivity index (χ0v) is 13.4. The van der Waals surface area contributed by atoms with Gasteiger partial charge in [-0.2, -0.15) is 0 Å². The van der Waals surface area contributed by atoms with Crippen LogP contribution in [0.4, 0.5) is 0 Å². The van der Waals surface area contributed by atoms with Crippen LogP contribution in [0.1, 0.15) is 65.7 Å². The molecule has 112 valence electrons. The number of nitrogens with zero attached hydrogens (tertiary/aromatic N) is 1. The second-order valence-corrected chi connectivity index (χ2v) is 7.37. The first-order valence-corrected chi connectivity index (χ1v) is 8.60. The normalized spacial score (nSPS) is 22.6. The van der Waals surface area contributed by atoms with Gasteiger partial charge in [0.1, 0.15) is 0 Å². The van der Waals surface area contributed by atoms with Gasteiger partial charge in [-0.1, -0.05) is 33.6 Å². The van der Waals surface area contributed by atoms with Crippen LogP contribution in [0.25, 0.3) is 0 Å². The zero-order chi connectivity index (χ0) is 13.7. The highest BCUT2D eigenvalue weighted by Crippen LogP contribution is 2.40. The first-order chi connectivity index (χ1) is 9.15. The van der Waals surface area contributed by atoms with E-state index in [-0.39, 0.29) is 0 Å². The molecule has 0 aromatic carbocycles. The molecule has 1 N–H and O–H groups in total. The number of nitrogens with one attached hydrogen (secondary N) is 1. The molecule has 19 heavy (non-hydrogen) atoms. The van der Waals surface area contributed by atoms with E-state index in [0.29, 0.717) is 5.41 Å². The maximum atomic E-state index is 3.63. The van der Waals surface area contributed by atoms with Crippen LogP contribution in [0.2, 0.25) is 0 Å². The molecule has 0 aromatic rings. The molecule has 2 heteroatoms. The lowest BCUT2D eigenvalue weighted by molar-refractivity contribution is 0.137. The van der Waals surface area contributed by atoms with Crippen LogP contribution in [0.3, 0.4) is 0 Å². The van der Waals surface area contributed by atoms with Crippen molar-refractivity contribution in [1.29, 1.82) is 0 Å². The van der Waals surface area contributed by atoms with Crippen LogP contribution in [-0.2, 0) is 0 Å². The van der Waals surface area contributed by atoms with Crippen LogP contribution < -0.4 is 5.32 Å².